The van der Waals surface area contributed by atoms with Crippen LogP contribution in [0.2, 0.25) is 0 Å². The van der Waals surface area contributed by atoms with Crippen molar-refractivity contribution >= 4 is 29.1 Å². The molecule has 0 radical (unpaired) electrons. The van der Waals surface area contributed by atoms with E-state index in [1.165, 1.54) is 25.1 Å². The molecule has 1 atom stereocenters. The second-order valence-corrected chi connectivity index (χ2v) is 6.57. The summed E-state index contributed by atoms with van der Waals surface area (Å²) >= 11 is 0. The van der Waals surface area contributed by atoms with Crippen LogP contribution in [0.15, 0.2) is 36.4 Å². The van der Waals surface area contributed by atoms with Crippen molar-refractivity contribution in [3.05, 3.63) is 53.1 Å². The van der Waals surface area contributed by atoms with Gasteiger partial charge < -0.3 is 21.1 Å². The zero-order valence-electron chi connectivity index (χ0n) is 15.1. The molecule has 0 bridgehead atoms. The van der Waals surface area contributed by atoms with Crippen molar-refractivity contribution in [1.29, 1.82) is 0 Å². The van der Waals surface area contributed by atoms with E-state index >= 15 is 0 Å². The Balaban J connectivity index is 1.76. The van der Waals surface area contributed by atoms with Gasteiger partial charge in [-0.2, -0.15) is 0 Å². The number of carbonyl (C=O) groups is 3. The fraction of sp³-hybridized carbons (Fsp3) is 0.250. The molecule has 3 amide bonds. The van der Waals surface area contributed by atoms with Gasteiger partial charge in [0.1, 0.15) is 5.75 Å². The van der Waals surface area contributed by atoms with Crippen LogP contribution in [-0.2, 0) is 16.0 Å². The highest BCUT2D eigenvalue weighted by Gasteiger charge is 2.19. The van der Waals surface area contributed by atoms with Crippen molar-refractivity contribution < 1.29 is 19.5 Å². The number of carbonyl (C=O) groups excluding carboxylic acids is 3. The van der Waals surface area contributed by atoms with E-state index in [1.54, 1.807) is 0 Å². The maximum absolute atomic E-state index is 12.6. The Labute approximate surface area is 156 Å². The minimum absolute atomic E-state index is 0.00567. The maximum Gasteiger partial charge on any atom is 0.255 e. The number of nitrogens with one attached hydrogen (secondary N) is 3. The van der Waals surface area contributed by atoms with Crippen LogP contribution >= 0.6 is 0 Å². The van der Waals surface area contributed by atoms with Gasteiger partial charge in [-0.1, -0.05) is 12.1 Å². The Morgan fingerprint density at radius 1 is 1.15 bits per heavy atom. The molecule has 0 aromatic heterocycles. The molecule has 0 aliphatic carbocycles. The van der Waals surface area contributed by atoms with Crippen LogP contribution in [-0.4, -0.2) is 22.8 Å². The highest BCUT2D eigenvalue weighted by atomic mass is 16.3. The summed E-state index contributed by atoms with van der Waals surface area (Å²) in [5.41, 5.74) is 3.24. The zero-order chi connectivity index (χ0) is 19.6. The Morgan fingerprint density at radius 2 is 1.93 bits per heavy atom. The first-order valence-electron chi connectivity index (χ1n) is 8.67. The van der Waals surface area contributed by atoms with Crippen molar-refractivity contribution in [3.63, 3.8) is 0 Å². The van der Waals surface area contributed by atoms with Crippen LogP contribution in [0.3, 0.4) is 0 Å². The number of benzene rings is 2. The van der Waals surface area contributed by atoms with E-state index in [9.17, 15) is 19.5 Å². The molecule has 1 aliphatic rings. The second kappa shape index (κ2) is 7.49. The van der Waals surface area contributed by atoms with Crippen molar-refractivity contribution in [2.24, 2.45) is 0 Å². The maximum atomic E-state index is 12.6. The van der Waals surface area contributed by atoms with Gasteiger partial charge in [0.2, 0.25) is 11.8 Å². The zero-order valence-corrected chi connectivity index (χ0v) is 15.1. The standard InChI is InChI=1S/C20H21N3O4/c1-11(13-3-6-17-14(9-13)4-8-19(26)23-17)21-20(27)16-10-15(22-12(2)24)5-7-18(16)25/h3,5-7,9-11,25H,4,8H2,1-2H3,(H,21,27)(H,22,24)(H,23,26)/t11-/m0/s1. The van der Waals surface area contributed by atoms with Gasteiger partial charge in [-0.05, 0) is 48.7 Å². The van der Waals surface area contributed by atoms with E-state index in [0.717, 1.165) is 16.8 Å². The van der Waals surface area contributed by atoms with E-state index in [1.807, 2.05) is 25.1 Å². The number of rotatable bonds is 4. The second-order valence-electron chi connectivity index (χ2n) is 6.57. The molecular formula is C20H21N3O4. The molecular weight excluding hydrogens is 346 g/mol. The Bertz CT molecular complexity index is 923. The van der Waals surface area contributed by atoms with Gasteiger partial charge in [0.05, 0.1) is 11.6 Å². The lowest BCUT2D eigenvalue weighted by molar-refractivity contribution is -0.116. The van der Waals surface area contributed by atoms with Crippen LogP contribution < -0.4 is 16.0 Å². The predicted molar refractivity (Wildman–Crippen MR) is 102 cm³/mol. The number of phenolic OH excluding ortho intramolecular Hbond substituents is 1. The Hall–Kier alpha value is -3.35. The van der Waals surface area contributed by atoms with Crippen molar-refractivity contribution in [2.75, 3.05) is 10.6 Å². The molecule has 0 saturated carbocycles. The molecule has 0 spiro atoms. The van der Waals surface area contributed by atoms with Crippen LogP contribution in [0.4, 0.5) is 11.4 Å². The van der Waals surface area contributed by atoms with Gasteiger partial charge in [-0.15, -0.1) is 0 Å². The monoisotopic (exact) mass is 367 g/mol. The average molecular weight is 367 g/mol. The number of fused-ring (bicyclic) bond motifs is 1. The van der Waals surface area contributed by atoms with E-state index in [-0.39, 0.29) is 29.2 Å². The van der Waals surface area contributed by atoms with Gasteiger partial charge in [0.25, 0.3) is 5.91 Å². The molecule has 7 heteroatoms. The molecule has 4 N–H and O–H groups in total. The summed E-state index contributed by atoms with van der Waals surface area (Å²) in [5, 5.41) is 18.3. The van der Waals surface area contributed by atoms with Crippen molar-refractivity contribution in [3.8, 4) is 5.75 Å². The molecule has 1 aliphatic heterocycles. The largest absolute Gasteiger partial charge is 0.507 e. The van der Waals surface area contributed by atoms with Crippen LogP contribution in [0.1, 0.15) is 47.8 Å². The van der Waals surface area contributed by atoms with Gasteiger partial charge in [-0.25, -0.2) is 0 Å². The number of amides is 3. The molecule has 0 fully saturated rings. The topological polar surface area (TPSA) is 108 Å². The molecule has 0 unspecified atom stereocenters. The first-order chi connectivity index (χ1) is 12.8. The third-order valence-electron chi connectivity index (χ3n) is 4.43. The quantitative estimate of drug-likeness (QED) is 0.623. The Kier molecular flexibility index (Phi) is 5.12. The molecule has 0 saturated heterocycles. The highest BCUT2D eigenvalue weighted by Crippen LogP contribution is 2.27. The number of anilines is 2. The summed E-state index contributed by atoms with van der Waals surface area (Å²) in [4.78, 5) is 35.2. The Morgan fingerprint density at radius 3 is 2.67 bits per heavy atom. The first kappa shape index (κ1) is 18.4. The third-order valence-corrected chi connectivity index (χ3v) is 4.43. The molecule has 2 aromatic carbocycles. The third kappa shape index (κ3) is 4.25. The molecule has 1 heterocycles. The van der Waals surface area contributed by atoms with E-state index < -0.39 is 5.91 Å². The number of hydrogen-bond donors (Lipinski definition) is 4. The first-order valence-corrected chi connectivity index (χ1v) is 8.67. The minimum atomic E-state index is -0.446. The fourth-order valence-corrected chi connectivity index (χ4v) is 3.03. The van der Waals surface area contributed by atoms with Gasteiger partial charge >= 0.3 is 0 Å². The summed E-state index contributed by atoms with van der Waals surface area (Å²) < 4.78 is 0. The van der Waals surface area contributed by atoms with Gasteiger partial charge in [-0.3, -0.25) is 14.4 Å². The average Bonchev–Trinajstić information content (AvgIpc) is 2.62. The number of aryl methyl sites for hydroxylation is 1. The summed E-state index contributed by atoms with van der Waals surface area (Å²) in [6.45, 7) is 3.21. The molecule has 3 rings (SSSR count). The SMILES string of the molecule is CC(=O)Nc1ccc(O)c(C(=O)N[C@@H](C)c2ccc3c(c2)CCC(=O)N3)c1. The van der Waals surface area contributed by atoms with E-state index in [2.05, 4.69) is 16.0 Å². The van der Waals surface area contributed by atoms with Crippen molar-refractivity contribution in [1.82, 2.24) is 5.32 Å². The molecule has 2 aromatic rings. The fourth-order valence-electron chi connectivity index (χ4n) is 3.03. The van der Waals surface area contributed by atoms with Crippen molar-refractivity contribution in [2.45, 2.75) is 32.7 Å². The van der Waals surface area contributed by atoms with Crippen LogP contribution in [0.25, 0.3) is 0 Å². The summed E-state index contributed by atoms with van der Waals surface area (Å²) in [6.07, 6.45) is 1.11. The molecule has 7 nitrogen and oxygen atoms in total. The lowest BCUT2D eigenvalue weighted by atomic mass is 9.97. The van der Waals surface area contributed by atoms with Crippen LogP contribution in [0, 0.1) is 0 Å². The highest BCUT2D eigenvalue weighted by molar-refractivity contribution is 5.99. The lowest BCUT2D eigenvalue weighted by Gasteiger charge is -2.20. The van der Waals surface area contributed by atoms with Crippen LogP contribution in [0.5, 0.6) is 5.75 Å². The number of hydrogen-bond acceptors (Lipinski definition) is 4. The number of phenols is 1. The minimum Gasteiger partial charge on any atom is -0.507 e. The predicted octanol–water partition coefficient (Wildman–Crippen LogP) is 2.73. The van der Waals surface area contributed by atoms with E-state index in [4.69, 9.17) is 0 Å². The summed E-state index contributed by atoms with van der Waals surface area (Å²) in [6, 6.07) is 9.67. The molecule has 27 heavy (non-hydrogen) atoms. The molecule has 140 valence electrons. The summed E-state index contributed by atoms with van der Waals surface area (Å²) in [7, 11) is 0. The normalized spacial score (nSPS) is 13.9. The summed E-state index contributed by atoms with van der Waals surface area (Å²) in [5.74, 6) is -0.868. The lowest BCUT2D eigenvalue weighted by Crippen LogP contribution is -2.27. The van der Waals surface area contributed by atoms with E-state index in [0.29, 0.717) is 18.5 Å². The number of aromatic hydroxyl groups is 1. The van der Waals surface area contributed by atoms with Gasteiger partial charge in [0.15, 0.2) is 0 Å². The smallest absolute Gasteiger partial charge is 0.255 e. The van der Waals surface area contributed by atoms with Gasteiger partial charge in [0, 0.05) is 24.7 Å².